The summed E-state index contributed by atoms with van der Waals surface area (Å²) >= 11 is 0. The first-order chi connectivity index (χ1) is 11.6. The zero-order valence-electron chi connectivity index (χ0n) is 13.7. The number of pyridine rings is 1. The van der Waals surface area contributed by atoms with Gasteiger partial charge in [0.25, 0.3) is 0 Å². The fraction of sp³-hybridized carbons (Fsp3) is 0.211. The highest BCUT2D eigenvalue weighted by Crippen LogP contribution is 2.22. The van der Waals surface area contributed by atoms with E-state index in [2.05, 4.69) is 11.1 Å². The second-order valence-corrected chi connectivity index (χ2v) is 5.23. The number of methoxy groups -OCH3 is 1. The number of rotatable bonds is 5. The molecule has 0 amide bonds. The standard InChI is InChI=1S/C19H19N3O2/c1-3-17(21)16(19(23)24-2)10-13-8-9-18(22-12-13)15-7-5-4-6-14(15)11-20/h4-9,12H,3,10,21H2,1-2H3/b17-16-. The van der Waals surface area contributed by atoms with Gasteiger partial charge in [-0.15, -0.1) is 0 Å². The van der Waals surface area contributed by atoms with E-state index in [0.29, 0.717) is 35.4 Å². The Labute approximate surface area is 141 Å². The predicted octanol–water partition coefficient (Wildman–Crippen LogP) is 2.96. The number of nitrogens with zero attached hydrogens (tertiary/aromatic N) is 2. The zero-order chi connectivity index (χ0) is 17.5. The number of nitrogens with two attached hydrogens (primary N) is 1. The third kappa shape index (κ3) is 3.79. The lowest BCUT2D eigenvalue weighted by molar-refractivity contribution is -0.136. The number of aromatic nitrogens is 1. The number of nitriles is 1. The van der Waals surface area contributed by atoms with Gasteiger partial charge >= 0.3 is 5.97 Å². The number of hydrogen-bond donors (Lipinski definition) is 1. The molecular weight excluding hydrogens is 302 g/mol. The summed E-state index contributed by atoms with van der Waals surface area (Å²) in [6.45, 7) is 1.89. The van der Waals surface area contributed by atoms with Gasteiger partial charge in [-0.05, 0) is 24.1 Å². The first-order valence-corrected chi connectivity index (χ1v) is 7.61. The van der Waals surface area contributed by atoms with Gasteiger partial charge in [-0.3, -0.25) is 4.98 Å². The summed E-state index contributed by atoms with van der Waals surface area (Å²) < 4.78 is 4.80. The molecule has 0 spiro atoms. The number of hydrogen-bond acceptors (Lipinski definition) is 5. The second-order valence-electron chi connectivity index (χ2n) is 5.23. The van der Waals surface area contributed by atoms with Gasteiger partial charge in [0, 0.05) is 23.9 Å². The monoisotopic (exact) mass is 321 g/mol. The topological polar surface area (TPSA) is 89.0 Å². The lowest BCUT2D eigenvalue weighted by Gasteiger charge is -2.10. The average molecular weight is 321 g/mol. The van der Waals surface area contributed by atoms with Gasteiger partial charge < -0.3 is 10.5 Å². The molecule has 5 heteroatoms. The van der Waals surface area contributed by atoms with Crippen molar-refractivity contribution in [2.75, 3.05) is 7.11 Å². The van der Waals surface area contributed by atoms with Crippen LogP contribution in [0, 0.1) is 11.3 Å². The summed E-state index contributed by atoms with van der Waals surface area (Å²) in [7, 11) is 1.34. The quantitative estimate of drug-likeness (QED) is 0.675. The molecular formula is C19H19N3O2. The van der Waals surface area contributed by atoms with Gasteiger partial charge in [-0.2, -0.15) is 5.26 Å². The predicted molar refractivity (Wildman–Crippen MR) is 91.6 cm³/mol. The van der Waals surface area contributed by atoms with E-state index in [-0.39, 0.29) is 0 Å². The number of allylic oxidation sites excluding steroid dienone is 1. The summed E-state index contributed by atoms with van der Waals surface area (Å²) in [6, 6.07) is 13.2. The number of ether oxygens (including phenoxy) is 1. The molecule has 0 aliphatic carbocycles. The van der Waals surface area contributed by atoms with E-state index < -0.39 is 5.97 Å². The van der Waals surface area contributed by atoms with Crippen LogP contribution in [0.3, 0.4) is 0 Å². The third-order valence-electron chi connectivity index (χ3n) is 3.73. The molecule has 1 heterocycles. The molecule has 122 valence electrons. The van der Waals surface area contributed by atoms with Crippen LogP contribution in [0.4, 0.5) is 0 Å². The highest BCUT2D eigenvalue weighted by molar-refractivity contribution is 5.89. The van der Waals surface area contributed by atoms with E-state index in [9.17, 15) is 10.1 Å². The van der Waals surface area contributed by atoms with E-state index in [1.165, 1.54) is 7.11 Å². The molecule has 0 saturated carbocycles. The van der Waals surface area contributed by atoms with Crippen LogP contribution in [-0.2, 0) is 16.0 Å². The van der Waals surface area contributed by atoms with E-state index >= 15 is 0 Å². The summed E-state index contributed by atoms with van der Waals surface area (Å²) in [5.74, 6) is -0.423. The Bertz CT molecular complexity index is 802. The van der Waals surface area contributed by atoms with Crippen LogP contribution in [0.2, 0.25) is 0 Å². The van der Waals surface area contributed by atoms with Crippen molar-refractivity contribution >= 4 is 5.97 Å². The number of carbonyl (C=O) groups is 1. The molecule has 24 heavy (non-hydrogen) atoms. The van der Waals surface area contributed by atoms with Crippen LogP contribution in [0.15, 0.2) is 53.9 Å². The number of benzene rings is 1. The maximum Gasteiger partial charge on any atom is 0.335 e. The van der Waals surface area contributed by atoms with Crippen molar-refractivity contribution in [3.63, 3.8) is 0 Å². The lowest BCUT2D eigenvalue weighted by atomic mass is 10.0. The van der Waals surface area contributed by atoms with E-state index in [1.54, 1.807) is 12.3 Å². The molecule has 0 saturated heterocycles. The Morgan fingerprint density at radius 2 is 2.04 bits per heavy atom. The number of esters is 1. The van der Waals surface area contributed by atoms with Crippen LogP contribution in [0.1, 0.15) is 24.5 Å². The van der Waals surface area contributed by atoms with E-state index in [4.69, 9.17) is 10.5 Å². The Morgan fingerprint density at radius 1 is 1.29 bits per heavy atom. The first kappa shape index (κ1) is 17.2. The average Bonchev–Trinajstić information content (AvgIpc) is 2.65. The number of carbonyl (C=O) groups excluding carboxylic acids is 1. The Balaban J connectivity index is 2.30. The molecule has 5 nitrogen and oxygen atoms in total. The Morgan fingerprint density at radius 3 is 2.62 bits per heavy atom. The van der Waals surface area contributed by atoms with Crippen LogP contribution in [-0.4, -0.2) is 18.1 Å². The summed E-state index contributed by atoms with van der Waals surface area (Å²) in [6.07, 6.45) is 2.63. The van der Waals surface area contributed by atoms with Gasteiger partial charge in [0.05, 0.1) is 30.0 Å². The molecule has 1 aromatic carbocycles. The van der Waals surface area contributed by atoms with Crippen LogP contribution < -0.4 is 5.73 Å². The minimum atomic E-state index is -0.423. The smallest absolute Gasteiger partial charge is 0.335 e. The second kappa shape index (κ2) is 7.93. The SMILES string of the molecule is CC/C(N)=C(\Cc1ccc(-c2ccccc2C#N)nc1)C(=O)OC. The first-order valence-electron chi connectivity index (χ1n) is 7.61. The van der Waals surface area contributed by atoms with Crippen LogP contribution in [0.25, 0.3) is 11.3 Å². The van der Waals surface area contributed by atoms with Crippen molar-refractivity contribution in [3.8, 4) is 17.3 Å². The van der Waals surface area contributed by atoms with Gasteiger partial charge in [0.15, 0.2) is 0 Å². The molecule has 0 atom stereocenters. The largest absolute Gasteiger partial charge is 0.466 e. The van der Waals surface area contributed by atoms with Crippen molar-refractivity contribution < 1.29 is 9.53 Å². The highest BCUT2D eigenvalue weighted by Gasteiger charge is 2.15. The zero-order valence-corrected chi connectivity index (χ0v) is 13.7. The van der Waals surface area contributed by atoms with Crippen LogP contribution in [0.5, 0.6) is 0 Å². The maximum absolute atomic E-state index is 11.9. The molecule has 0 aliphatic rings. The minimum Gasteiger partial charge on any atom is -0.466 e. The van der Waals surface area contributed by atoms with Crippen molar-refractivity contribution in [3.05, 3.63) is 65.0 Å². The highest BCUT2D eigenvalue weighted by atomic mass is 16.5. The summed E-state index contributed by atoms with van der Waals surface area (Å²) in [5.41, 5.74) is 9.80. The minimum absolute atomic E-state index is 0.361. The molecule has 1 aromatic heterocycles. The van der Waals surface area contributed by atoms with Crippen molar-refractivity contribution in [2.45, 2.75) is 19.8 Å². The maximum atomic E-state index is 11.9. The van der Waals surface area contributed by atoms with E-state index in [1.807, 2.05) is 37.3 Å². The fourth-order valence-corrected chi connectivity index (χ4v) is 2.35. The summed E-state index contributed by atoms with van der Waals surface area (Å²) in [4.78, 5) is 16.3. The van der Waals surface area contributed by atoms with Gasteiger partial charge in [-0.25, -0.2) is 4.79 Å². The summed E-state index contributed by atoms with van der Waals surface area (Å²) in [5, 5.41) is 9.18. The molecule has 0 aliphatic heterocycles. The van der Waals surface area contributed by atoms with Gasteiger partial charge in [0.2, 0.25) is 0 Å². The molecule has 0 unspecified atom stereocenters. The Kier molecular flexibility index (Phi) is 5.69. The van der Waals surface area contributed by atoms with Crippen LogP contribution >= 0.6 is 0 Å². The van der Waals surface area contributed by atoms with Crippen molar-refractivity contribution in [1.29, 1.82) is 5.26 Å². The lowest BCUT2D eigenvalue weighted by Crippen LogP contribution is -2.14. The van der Waals surface area contributed by atoms with Crippen molar-refractivity contribution in [1.82, 2.24) is 4.98 Å². The molecule has 0 fully saturated rings. The van der Waals surface area contributed by atoms with Gasteiger partial charge in [0.1, 0.15) is 0 Å². The molecule has 2 aromatic rings. The molecule has 0 radical (unpaired) electrons. The normalized spacial score (nSPS) is 11.4. The third-order valence-corrected chi connectivity index (χ3v) is 3.73. The Hall–Kier alpha value is -3.13. The van der Waals surface area contributed by atoms with Crippen molar-refractivity contribution in [2.24, 2.45) is 5.73 Å². The molecule has 2 rings (SSSR count). The fourth-order valence-electron chi connectivity index (χ4n) is 2.35. The molecule has 2 N–H and O–H groups in total. The van der Waals surface area contributed by atoms with E-state index in [0.717, 1.165) is 11.1 Å². The molecule has 0 bridgehead atoms. The van der Waals surface area contributed by atoms with Gasteiger partial charge in [-0.1, -0.05) is 31.2 Å².